The molecule has 6 heteroatoms. The molecular formula is C24H26N2O4. The van der Waals surface area contributed by atoms with Crippen LogP contribution in [-0.4, -0.2) is 28.0 Å². The van der Waals surface area contributed by atoms with E-state index in [1.807, 2.05) is 30.3 Å². The van der Waals surface area contributed by atoms with E-state index in [2.05, 4.69) is 10.3 Å². The third-order valence-corrected chi connectivity index (χ3v) is 6.10. The molecule has 2 heterocycles. The Kier molecular flexibility index (Phi) is 5.10. The maximum Gasteiger partial charge on any atom is 0.313 e. The van der Waals surface area contributed by atoms with E-state index in [4.69, 9.17) is 0 Å². The molecule has 1 atom stereocenters. The van der Waals surface area contributed by atoms with Gasteiger partial charge in [0.05, 0.1) is 5.41 Å². The topological polar surface area (TPSA) is 99.3 Å². The van der Waals surface area contributed by atoms with Gasteiger partial charge in [0.25, 0.3) is 5.56 Å². The molecule has 1 saturated heterocycles. The standard InChI is InChI=1S/C24H26N2O4/c1-24(2,23(29)30)16-7-5-15(6-8-16)19(13-17-9-12-21(27)25-17)20-11-10-18(14-3-4-14)22(28)26-20/h5-8,10-11,13-14,17H,3-4,9,12H2,1-2H3,(H,25,27)(H,26,28)(H,29,30)/b19-13+/t17-/m1/s1. The zero-order chi connectivity index (χ0) is 21.5. The number of carboxylic acid groups (broad SMARTS) is 1. The molecule has 1 amide bonds. The Bertz CT molecular complexity index is 1080. The molecule has 2 fully saturated rings. The summed E-state index contributed by atoms with van der Waals surface area (Å²) in [5, 5.41) is 12.4. The van der Waals surface area contributed by atoms with E-state index in [-0.39, 0.29) is 17.5 Å². The lowest BCUT2D eigenvalue weighted by Crippen LogP contribution is -2.28. The molecule has 0 bridgehead atoms. The highest BCUT2D eigenvalue weighted by Crippen LogP contribution is 2.38. The average Bonchev–Trinajstić information content (AvgIpc) is 3.47. The minimum atomic E-state index is -0.998. The fraction of sp³-hybridized carbons (Fsp3) is 0.375. The molecule has 3 N–H and O–H groups in total. The van der Waals surface area contributed by atoms with E-state index < -0.39 is 11.4 Å². The second kappa shape index (κ2) is 7.59. The number of carbonyl (C=O) groups excluding carboxylic acids is 1. The van der Waals surface area contributed by atoms with E-state index in [1.54, 1.807) is 26.0 Å². The van der Waals surface area contributed by atoms with Crippen molar-refractivity contribution in [2.75, 3.05) is 0 Å². The lowest BCUT2D eigenvalue weighted by molar-refractivity contribution is -0.142. The SMILES string of the molecule is CC(C)(C(=O)O)c1ccc(/C(=C\[C@H]2CCC(=O)N2)c2ccc(C3CC3)c(=O)[nH]2)cc1. The molecule has 6 nitrogen and oxygen atoms in total. The number of nitrogens with one attached hydrogen (secondary N) is 2. The van der Waals surface area contributed by atoms with E-state index in [0.29, 0.717) is 30.0 Å². The van der Waals surface area contributed by atoms with E-state index in [1.165, 1.54) is 0 Å². The fourth-order valence-corrected chi connectivity index (χ4v) is 3.85. The molecule has 1 aromatic heterocycles. The molecule has 0 unspecified atom stereocenters. The lowest BCUT2D eigenvalue weighted by atomic mass is 9.84. The summed E-state index contributed by atoms with van der Waals surface area (Å²) >= 11 is 0. The van der Waals surface area contributed by atoms with Crippen LogP contribution in [0, 0.1) is 0 Å². The normalized spacial score (nSPS) is 19.6. The van der Waals surface area contributed by atoms with E-state index in [0.717, 1.165) is 29.5 Å². The van der Waals surface area contributed by atoms with Crippen molar-refractivity contribution in [3.63, 3.8) is 0 Å². The third-order valence-electron chi connectivity index (χ3n) is 6.10. The molecule has 156 valence electrons. The Balaban J connectivity index is 1.73. The average molecular weight is 406 g/mol. The Morgan fingerprint density at radius 3 is 2.30 bits per heavy atom. The first-order chi connectivity index (χ1) is 14.3. The minimum Gasteiger partial charge on any atom is -0.481 e. The monoisotopic (exact) mass is 406 g/mol. The van der Waals surface area contributed by atoms with Crippen LogP contribution >= 0.6 is 0 Å². The molecule has 30 heavy (non-hydrogen) atoms. The summed E-state index contributed by atoms with van der Waals surface area (Å²) in [6, 6.07) is 11.1. The quantitative estimate of drug-likeness (QED) is 0.685. The van der Waals surface area contributed by atoms with E-state index in [9.17, 15) is 19.5 Å². The summed E-state index contributed by atoms with van der Waals surface area (Å²) in [7, 11) is 0. The first kappa shape index (κ1) is 20.1. The van der Waals surface area contributed by atoms with Gasteiger partial charge in [-0.15, -0.1) is 0 Å². The van der Waals surface area contributed by atoms with Gasteiger partial charge in [0.15, 0.2) is 0 Å². The molecule has 1 aliphatic carbocycles. The Labute approximate surface area is 175 Å². The van der Waals surface area contributed by atoms with Crippen molar-refractivity contribution in [2.45, 2.75) is 56.9 Å². The van der Waals surface area contributed by atoms with Gasteiger partial charge in [0.2, 0.25) is 5.91 Å². The van der Waals surface area contributed by atoms with Crippen LogP contribution in [0.25, 0.3) is 5.57 Å². The number of carbonyl (C=O) groups is 2. The molecule has 1 aliphatic heterocycles. The molecule has 0 radical (unpaired) electrons. The molecule has 1 saturated carbocycles. The van der Waals surface area contributed by atoms with Crippen molar-refractivity contribution < 1.29 is 14.7 Å². The fourth-order valence-electron chi connectivity index (χ4n) is 3.85. The number of carboxylic acids is 1. The first-order valence-corrected chi connectivity index (χ1v) is 10.3. The zero-order valence-electron chi connectivity index (χ0n) is 17.2. The third kappa shape index (κ3) is 3.95. The van der Waals surface area contributed by atoms with Crippen LogP contribution < -0.4 is 10.9 Å². The first-order valence-electron chi connectivity index (χ1n) is 10.3. The second-order valence-electron chi connectivity index (χ2n) is 8.73. The van der Waals surface area contributed by atoms with E-state index >= 15 is 0 Å². The van der Waals surface area contributed by atoms with Crippen LogP contribution in [0.4, 0.5) is 0 Å². The summed E-state index contributed by atoms with van der Waals surface area (Å²) in [5.41, 5.74) is 2.82. The number of benzene rings is 1. The summed E-state index contributed by atoms with van der Waals surface area (Å²) in [6.07, 6.45) is 5.28. The number of hydrogen-bond donors (Lipinski definition) is 3. The van der Waals surface area contributed by atoms with Gasteiger partial charge in [0, 0.05) is 29.3 Å². The number of amides is 1. The highest BCUT2D eigenvalue weighted by atomic mass is 16.4. The van der Waals surface area contributed by atoms with Crippen LogP contribution in [0.5, 0.6) is 0 Å². The highest BCUT2D eigenvalue weighted by Gasteiger charge is 2.30. The van der Waals surface area contributed by atoms with Crippen LogP contribution in [0.2, 0.25) is 0 Å². The summed E-state index contributed by atoms with van der Waals surface area (Å²) in [5.74, 6) is -0.506. The highest BCUT2D eigenvalue weighted by molar-refractivity contribution is 5.83. The molecule has 2 aliphatic rings. The number of rotatable bonds is 6. The molecule has 2 aromatic rings. The van der Waals surface area contributed by atoms with Crippen molar-refractivity contribution in [3.05, 3.63) is 75.2 Å². The number of hydrogen-bond acceptors (Lipinski definition) is 3. The van der Waals surface area contributed by atoms with Crippen LogP contribution in [0.15, 0.2) is 47.3 Å². The van der Waals surface area contributed by atoms with Crippen LogP contribution in [0.3, 0.4) is 0 Å². The molecular weight excluding hydrogens is 380 g/mol. The van der Waals surface area contributed by atoms with Gasteiger partial charge >= 0.3 is 5.97 Å². The number of aliphatic carboxylic acids is 1. The lowest BCUT2D eigenvalue weighted by Gasteiger charge is -2.20. The Hall–Kier alpha value is -3.15. The Morgan fingerprint density at radius 2 is 1.77 bits per heavy atom. The van der Waals surface area contributed by atoms with Crippen molar-refractivity contribution in [2.24, 2.45) is 0 Å². The maximum atomic E-state index is 12.6. The predicted molar refractivity (Wildman–Crippen MR) is 114 cm³/mol. The van der Waals surface area contributed by atoms with Crippen molar-refractivity contribution in [1.82, 2.24) is 10.3 Å². The van der Waals surface area contributed by atoms with Gasteiger partial charge in [-0.1, -0.05) is 36.4 Å². The predicted octanol–water partition coefficient (Wildman–Crippen LogP) is 3.32. The van der Waals surface area contributed by atoms with Gasteiger partial charge in [0.1, 0.15) is 0 Å². The van der Waals surface area contributed by atoms with Gasteiger partial charge in [-0.05, 0) is 56.2 Å². The van der Waals surface area contributed by atoms with Gasteiger partial charge < -0.3 is 15.4 Å². The maximum absolute atomic E-state index is 12.6. The Morgan fingerprint density at radius 1 is 1.07 bits per heavy atom. The number of pyridine rings is 1. The summed E-state index contributed by atoms with van der Waals surface area (Å²) in [4.78, 5) is 38.8. The van der Waals surface area contributed by atoms with Gasteiger partial charge in [-0.25, -0.2) is 0 Å². The minimum absolute atomic E-state index is 0.0201. The summed E-state index contributed by atoms with van der Waals surface area (Å²) in [6.45, 7) is 3.34. The van der Waals surface area contributed by atoms with Gasteiger partial charge in [-0.2, -0.15) is 0 Å². The molecule has 1 aromatic carbocycles. The number of H-pyrrole nitrogens is 1. The van der Waals surface area contributed by atoms with Crippen LogP contribution in [-0.2, 0) is 15.0 Å². The summed E-state index contributed by atoms with van der Waals surface area (Å²) < 4.78 is 0. The molecule has 4 rings (SSSR count). The number of aromatic nitrogens is 1. The van der Waals surface area contributed by atoms with Crippen molar-refractivity contribution in [3.8, 4) is 0 Å². The molecule has 0 spiro atoms. The second-order valence-corrected chi connectivity index (χ2v) is 8.73. The largest absolute Gasteiger partial charge is 0.481 e. The van der Waals surface area contributed by atoms with Crippen molar-refractivity contribution >= 4 is 17.4 Å². The number of aromatic amines is 1. The smallest absolute Gasteiger partial charge is 0.313 e. The van der Waals surface area contributed by atoms with Crippen molar-refractivity contribution in [1.29, 1.82) is 0 Å². The van der Waals surface area contributed by atoms with Gasteiger partial charge in [-0.3, -0.25) is 14.4 Å². The zero-order valence-corrected chi connectivity index (χ0v) is 17.2. The van der Waals surface area contributed by atoms with Crippen LogP contribution in [0.1, 0.15) is 67.8 Å².